The van der Waals surface area contributed by atoms with E-state index in [1.54, 1.807) is 12.5 Å². The molecule has 0 saturated heterocycles. The molecule has 0 amide bonds. The average Bonchev–Trinajstić information content (AvgIpc) is 3.02. The van der Waals surface area contributed by atoms with Crippen LogP contribution in [-0.4, -0.2) is 15.3 Å². The first-order chi connectivity index (χ1) is 9.25. The van der Waals surface area contributed by atoms with Crippen molar-refractivity contribution in [1.82, 2.24) is 9.55 Å². The number of imidazole rings is 1. The predicted octanol–water partition coefficient (Wildman–Crippen LogP) is 2.98. The molecule has 3 rings (SSSR count). The second-order valence-corrected chi connectivity index (χ2v) is 4.52. The molecule has 0 fully saturated rings. The van der Waals surface area contributed by atoms with Gasteiger partial charge in [0.05, 0.1) is 5.56 Å². The van der Waals surface area contributed by atoms with Gasteiger partial charge in [-0.2, -0.15) is 0 Å². The maximum absolute atomic E-state index is 12.2. The van der Waals surface area contributed by atoms with Gasteiger partial charge in [0, 0.05) is 37.7 Å². The lowest BCUT2D eigenvalue weighted by Gasteiger charge is -2.00. The van der Waals surface area contributed by atoms with Crippen LogP contribution in [0.25, 0.3) is 11.0 Å². The number of aryl methyl sites for hydroxylation is 2. The van der Waals surface area contributed by atoms with Gasteiger partial charge in [0.1, 0.15) is 17.7 Å². The maximum atomic E-state index is 12.2. The summed E-state index contributed by atoms with van der Waals surface area (Å²) in [4.78, 5) is 16.4. The summed E-state index contributed by atoms with van der Waals surface area (Å²) < 4.78 is 7.32. The zero-order valence-corrected chi connectivity index (χ0v) is 10.7. The standard InChI is InChI=1S/C15H14N2O2/c1-17-9-8-16-15(17)7-6-13(18)12-10-19-14-5-3-2-4-11(12)14/h2-5,8-10H,6-7H2,1H3. The molecule has 0 unspecified atom stereocenters. The van der Waals surface area contributed by atoms with Crippen LogP contribution in [0.5, 0.6) is 0 Å². The van der Waals surface area contributed by atoms with Crippen molar-refractivity contribution in [1.29, 1.82) is 0 Å². The molecule has 1 aromatic carbocycles. The highest BCUT2D eigenvalue weighted by Crippen LogP contribution is 2.22. The molecule has 0 radical (unpaired) electrons. The highest BCUT2D eigenvalue weighted by Gasteiger charge is 2.14. The molecule has 0 atom stereocenters. The van der Waals surface area contributed by atoms with Crippen molar-refractivity contribution in [3.63, 3.8) is 0 Å². The van der Waals surface area contributed by atoms with Gasteiger partial charge in [-0.3, -0.25) is 4.79 Å². The molecule has 0 aliphatic rings. The number of furan rings is 1. The summed E-state index contributed by atoms with van der Waals surface area (Å²) in [5, 5.41) is 0.882. The van der Waals surface area contributed by atoms with Gasteiger partial charge in [-0.15, -0.1) is 0 Å². The molecule has 19 heavy (non-hydrogen) atoms. The van der Waals surface area contributed by atoms with Crippen LogP contribution >= 0.6 is 0 Å². The fourth-order valence-corrected chi connectivity index (χ4v) is 2.19. The summed E-state index contributed by atoms with van der Waals surface area (Å²) in [6.07, 6.45) is 6.25. The van der Waals surface area contributed by atoms with Crippen LogP contribution in [0.2, 0.25) is 0 Å². The van der Waals surface area contributed by atoms with Gasteiger partial charge < -0.3 is 8.98 Å². The fourth-order valence-electron chi connectivity index (χ4n) is 2.19. The second kappa shape index (κ2) is 4.72. The van der Waals surface area contributed by atoms with Gasteiger partial charge in [0.15, 0.2) is 5.78 Å². The Morgan fingerprint density at radius 3 is 3.00 bits per heavy atom. The molecule has 0 spiro atoms. The topological polar surface area (TPSA) is 48.0 Å². The summed E-state index contributed by atoms with van der Waals surface area (Å²) >= 11 is 0. The minimum atomic E-state index is 0.0907. The van der Waals surface area contributed by atoms with Crippen LogP contribution in [0.15, 0.2) is 47.3 Å². The van der Waals surface area contributed by atoms with E-state index < -0.39 is 0 Å². The van der Waals surface area contributed by atoms with Crippen molar-refractivity contribution in [2.75, 3.05) is 0 Å². The molecule has 0 bridgehead atoms. The van der Waals surface area contributed by atoms with Crippen LogP contribution in [0.1, 0.15) is 22.6 Å². The Hall–Kier alpha value is -2.36. The van der Waals surface area contributed by atoms with Crippen molar-refractivity contribution in [3.05, 3.63) is 54.3 Å². The van der Waals surface area contributed by atoms with Gasteiger partial charge in [-0.1, -0.05) is 18.2 Å². The zero-order valence-electron chi connectivity index (χ0n) is 10.7. The number of aromatic nitrogens is 2. The largest absolute Gasteiger partial charge is 0.464 e. The number of rotatable bonds is 4. The molecule has 4 heteroatoms. The number of fused-ring (bicyclic) bond motifs is 1. The van der Waals surface area contributed by atoms with Crippen molar-refractivity contribution in [2.24, 2.45) is 7.05 Å². The number of ketones is 1. The Labute approximate surface area is 110 Å². The van der Waals surface area contributed by atoms with Gasteiger partial charge in [-0.05, 0) is 6.07 Å². The molecule has 2 aromatic heterocycles. The highest BCUT2D eigenvalue weighted by molar-refractivity contribution is 6.07. The minimum absolute atomic E-state index is 0.0907. The Bertz CT molecular complexity index is 724. The maximum Gasteiger partial charge on any atom is 0.167 e. The quantitative estimate of drug-likeness (QED) is 0.672. The van der Waals surface area contributed by atoms with E-state index >= 15 is 0 Å². The van der Waals surface area contributed by atoms with E-state index in [0.717, 1.165) is 16.8 Å². The number of nitrogens with zero attached hydrogens (tertiary/aromatic N) is 2. The Balaban J connectivity index is 1.79. The van der Waals surface area contributed by atoms with E-state index in [0.29, 0.717) is 18.4 Å². The van der Waals surface area contributed by atoms with Crippen molar-refractivity contribution >= 4 is 16.8 Å². The third-order valence-corrected chi connectivity index (χ3v) is 3.28. The molecular weight excluding hydrogens is 240 g/mol. The monoisotopic (exact) mass is 254 g/mol. The zero-order chi connectivity index (χ0) is 13.2. The molecule has 2 heterocycles. The first kappa shape index (κ1) is 11.7. The fraction of sp³-hybridized carbons (Fsp3) is 0.200. The third kappa shape index (κ3) is 2.17. The normalized spacial score (nSPS) is 11.0. The van der Waals surface area contributed by atoms with Gasteiger partial charge in [0.2, 0.25) is 0 Å². The van der Waals surface area contributed by atoms with E-state index in [1.807, 2.05) is 42.1 Å². The van der Waals surface area contributed by atoms with Crippen LogP contribution < -0.4 is 0 Å². The summed E-state index contributed by atoms with van der Waals surface area (Å²) in [5.41, 5.74) is 1.41. The Morgan fingerprint density at radius 1 is 1.37 bits per heavy atom. The van der Waals surface area contributed by atoms with Crippen molar-refractivity contribution < 1.29 is 9.21 Å². The van der Waals surface area contributed by atoms with Gasteiger partial charge in [0.25, 0.3) is 0 Å². The van der Waals surface area contributed by atoms with Crippen LogP contribution in [0, 0.1) is 0 Å². The Morgan fingerprint density at radius 2 is 2.21 bits per heavy atom. The predicted molar refractivity (Wildman–Crippen MR) is 72.1 cm³/mol. The second-order valence-electron chi connectivity index (χ2n) is 4.52. The summed E-state index contributed by atoms with van der Waals surface area (Å²) in [7, 11) is 1.93. The van der Waals surface area contributed by atoms with Crippen molar-refractivity contribution in [2.45, 2.75) is 12.8 Å². The molecule has 0 aliphatic heterocycles. The summed E-state index contributed by atoms with van der Waals surface area (Å²) in [6.45, 7) is 0. The Kier molecular flexibility index (Phi) is 2.91. The number of benzene rings is 1. The highest BCUT2D eigenvalue weighted by atomic mass is 16.3. The molecule has 4 nitrogen and oxygen atoms in total. The SMILES string of the molecule is Cn1ccnc1CCC(=O)c1coc2ccccc12. The van der Waals surface area contributed by atoms with Crippen LogP contribution in [0.3, 0.4) is 0 Å². The first-order valence-electron chi connectivity index (χ1n) is 6.21. The van der Waals surface area contributed by atoms with E-state index in [1.165, 1.54) is 0 Å². The van der Waals surface area contributed by atoms with Gasteiger partial charge in [-0.25, -0.2) is 4.98 Å². The minimum Gasteiger partial charge on any atom is -0.464 e. The number of Topliss-reactive ketones (excluding diaryl/α,β-unsaturated/α-hetero) is 1. The lowest BCUT2D eigenvalue weighted by Crippen LogP contribution is -2.04. The number of carbonyl (C=O) groups excluding carboxylic acids is 1. The van der Waals surface area contributed by atoms with E-state index in [4.69, 9.17) is 4.42 Å². The lowest BCUT2D eigenvalue weighted by atomic mass is 10.1. The van der Waals surface area contributed by atoms with E-state index in [-0.39, 0.29) is 5.78 Å². The molecule has 0 saturated carbocycles. The van der Waals surface area contributed by atoms with Crippen LogP contribution in [0.4, 0.5) is 0 Å². The summed E-state index contributed by atoms with van der Waals surface area (Å²) in [5.74, 6) is 1.01. The molecule has 0 N–H and O–H groups in total. The third-order valence-electron chi connectivity index (χ3n) is 3.28. The average molecular weight is 254 g/mol. The molecule has 0 aliphatic carbocycles. The number of hydrogen-bond donors (Lipinski definition) is 0. The summed E-state index contributed by atoms with van der Waals surface area (Å²) in [6, 6.07) is 7.58. The van der Waals surface area contributed by atoms with Crippen molar-refractivity contribution in [3.8, 4) is 0 Å². The molecular formula is C15H14N2O2. The molecule has 3 aromatic rings. The number of carbonyl (C=O) groups is 1. The van der Waals surface area contributed by atoms with Crippen LogP contribution in [-0.2, 0) is 13.5 Å². The smallest absolute Gasteiger partial charge is 0.167 e. The number of hydrogen-bond acceptors (Lipinski definition) is 3. The lowest BCUT2D eigenvalue weighted by molar-refractivity contribution is 0.0982. The number of para-hydroxylation sites is 1. The van der Waals surface area contributed by atoms with E-state index in [2.05, 4.69) is 4.98 Å². The van der Waals surface area contributed by atoms with E-state index in [9.17, 15) is 4.79 Å². The first-order valence-corrected chi connectivity index (χ1v) is 6.21. The molecule has 96 valence electrons. The van der Waals surface area contributed by atoms with Gasteiger partial charge >= 0.3 is 0 Å².